The minimum Gasteiger partial charge on any atom is -0.504 e. The zero-order valence-electron chi connectivity index (χ0n) is 7.90. The number of hydrogen-bond donors (Lipinski definition) is 2. The van der Waals surface area contributed by atoms with Crippen LogP contribution in [0.3, 0.4) is 0 Å². The van der Waals surface area contributed by atoms with Crippen LogP contribution in [0, 0.1) is 11.3 Å². The van der Waals surface area contributed by atoms with Crippen molar-refractivity contribution in [3.05, 3.63) is 23.8 Å². The average Bonchev–Trinajstić information content (AvgIpc) is 2.20. The summed E-state index contributed by atoms with van der Waals surface area (Å²) in [6, 6.07) is 5.87. The third-order valence-corrected chi connectivity index (χ3v) is 1.78. The average molecular weight is 192 g/mol. The molecule has 1 aromatic rings. The fourth-order valence-electron chi connectivity index (χ4n) is 1.07. The van der Waals surface area contributed by atoms with Crippen molar-refractivity contribution in [1.29, 1.82) is 5.26 Å². The molecule has 1 aromatic carbocycles. The fraction of sp³-hybridized carbons (Fsp3) is 0.300. The first-order chi connectivity index (χ1) is 6.69. The van der Waals surface area contributed by atoms with Crippen LogP contribution in [0.15, 0.2) is 18.2 Å². The largest absolute Gasteiger partial charge is 0.504 e. The van der Waals surface area contributed by atoms with Crippen LogP contribution in [0.1, 0.15) is 18.5 Å². The second-order valence-electron chi connectivity index (χ2n) is 2.77. The highest BCUT2D eigenvalue weighted by Crippen LogP contribution is 2.28. The van der Waals surface area contributed by atoms with Crippen LogP contribution < -0.4 is 10.5 Å². The van der Waals surface area contributed by atoms with E-state index in [0.717, 1.165) is 0 Å². The lowest BCUT2D eigenvalue weighted by Gasteiger charge is -2.08. The van der Waals surface area contributed by atoms with Gasteiger partial charge in [0.15, 0.2) is 11.5 Å². The van der Waals surface area contributed by atoms with Crippen molar-refractivity contribution in [2.45, 2.75) is 13.0 Å². The Morgan fingerprint density at radius 1 is 1.64 bits per heavy atom. The zero-order valence-corrected chi connectivity index (χ0v) is 7.90. The molecule has 0 unspecified atom stereocenters. The summed E-state index contributed by atoms with van der Waals surface area (Å²) in [4.78, 5) is 0. The van der Waals surface area contributed by atoms with Crippen LogP contribution in [0.25, 0.3) is 0 Å². The predicted molar refractivity (Wildman–Crippen MR) is 51.8 cm³/mol. The molecule has 0 bridgehead atoms. The number of nitrogens with zero attached hydrogens (tertiary/aromatic N) is 1. The fourth-order valence-corrected chi connectivity index (χ4v) is 1.07. The van der Waals surface area contributed by atoms with E-state index >= 15 is 0 Å². The molecule has 0 aliphatic heterocycles. The highest BCUT2D eigenvalue weighted by Gasteiger charge is 2.08. The Bertz CT molecular complexity index is 358. The smallest absolute Gasteiger partial charge is 0.161 e. The number of ether oxygens (including phenoxy) is 1. The number of benzene rings is 1. The number of phenols is 1. The maximum Gasteiger partial charge on any atom is 0.161 e. The first-order valence-corrected chi connectivity index (χ1v) is 4.30. The zero-order chi connectivity index (χ0) is 10.6. The van der Waals surface area contributed by atoms with E-state index in [4.69, 9.17) is 15.7 Å². The Morgan fingerprint density at radius 3 is 2.93 bits per heavy atom. The van der Waals surface area contributed by atoms with Crippen LogP contribution >= 0.6 is 0 Å². The van der Waals surface area contributed by atoms with Crippen LogP contribution in [0.5, 0.6) is 11.5 Å². The molecule has 0 radical (unpaired) electrons. The van der Waals surface area contributed by atoms with E-state index in [2.05, 4.69) is 0 Å². The van der Waals surface area contributed by atoms with Gasteiger partial charge in [-0.3, -0.25) is 0 Å². The van der Waals surface area contributed by atoms with Gasteiger partial charge in [0.05, 0.1) is 12.7 Å². The third kappa shape index (κ3) is 2.15. The van der Waals surface area contributed by atoms with Gasteiger partial charge in [-0.2, -0.15) is 5.26 Å². The van der Waals surface area contributed by atoms with Gasteiger partial charge in [0, 0.05) is 0 Å². The molecule has 3 N–H and O–H groups in total. The van der Waals surface area contributed by atoms with Gasteiger partial charge >= 0.3 is 0 Å². The van der Waals surface area contributed by atoms with Crippen LogP contribution in [-0.2, 0) is 0 Å². The molecule has 4 nitrogen and oxygen atoms in total. The number of phenolic OH excluding ortho intramolecular Hbond substituents is 1. The van der Waals surface area contributed by atoms with Gasteiger partial charge in [0.2, 0.25) is 0 Å². The van der Waals surface area contributed by atoms with Crippen molar-refractivity contribution in [1.82, 2.24) is 0 Å². The lowest BCUT2D eigenvalue weighted by atomic mass is 10.1. The molecule has 0 amide bonds. The van der Waals surface area contributed by atoms with Gasteiger partial charge < -0.3 is 15.6 Å². The second-order valence-corrected chi connectivity index (χ2v) is 2.77. The molecule has 0 spiro atoms. The molecule has 1 atom stereocenters. The van der Waals surface area contributed by atoms with E-state index < -0.39 is 6.04 Å². The van der Waals surface area contributed by atoms with Gasteiger partial charge in [0.1, 0.15) is 6.04 Å². The molecule has 0 heterocycles. The predicted octanol–water partition coefficient (Wildman–Crippen LogP) is 1.31. The molecule has 1 rings (SSSR count). The highest BCUT2D eigenvalue weighted by molar-refractivity contribution is 5.43. The van der Waals surface area contributed by atoms with Gasteiger partial charge in [-0.25, -0.2) is 0 Å². The molecule has 0 saturated heterocycles. The summed E-state index contributed by atoms with van der Waals surface area (Å²) in [6.07, 6.45) is 0. The summed E-state index contributed by atoms with van der Waals surface area (Å²) in [7, 11) is 0. The Balaban J connectivity index is 3.01. The molecule has 4 heteroatoms. The Labute approximate surface area is 82.5 Å². The number of nitriles is 1. The van der Waals surface area contributed by atoms with Crippen molar-refractivity contribution in [3.63, 3.8) is 0 Å². The summed E-state index contributed by atoms with van der Waals surface area (Å²) in [6.45, 7) is 2.27. The Hall–Kier alpha value is -1.73. The molecule has 0 aromatic heterocycles. The van der Waals surface area contributed by atoms with Gasteiger partial charge in [-0.1, -0.05) is 6.07 Å². The van der Waals surface area contributed by atoms with Gasteiger partial charge in [-0.15, -0.1) is 0 Å². The van der Waals surface area contributed by atoms with Gasteiger partial charge in [-0.05, 0) is 24.6 Å². The molecular weight excluding hydrogens is 180 g/mol. The standard InChI is InChI=1S/C10H12N2O2/c1-2-14-10-5-7(8(12)6-11)3-4-9(10)13/h3-5,8,13H,2,12H2,1H3/t8-/m0/s1. The van der Waals surface area contributed by atoms with Crippen molar-refractivity contribution in [3.8, 4) is 17.6 Å². The monoisotopic (exact) mass is 192 g/mol. The minimum atomic E-state index is -0.685. The van der Waals surface area contributed by atoms with Crippen molar-refractivity contribution in [2.75, 3.05) is 6.61 Å². The summed E-state index contributed by atoms with van der Waals surface area (Å²) in [5, 5.41) is 18.0. The van der Waals surface area contributed by atoms with Crippen molar-refractivity contribution < 1.29 is 9.84 Å². The molecule has 0 fully saturated rings. The Kier molecular flexibility index (Phi) is 3.32. The minimum absolute atomic E-state index is 0.0562. The topological polar surface area (TPSA) is 79.3 Å². The van der Waals surface area contributed by atoms with Crippen molar-refractivity contribution in [2.24, 2.45) is 5.73 Å². The lowest BCUT2D eigenvalue weighted by Crippen LogP contribution is -2.07. The summed E-state index contributed by atoms with van der Waals surface area (Å²) >= 11 is 0. The number of hydrogen-bond acceptors (Lipinski definition) is 4. The quantitative estimate of drug-likeness (QED) is 0.756. The van der Waals surface area contributed by atoms with E-state index in [1.165, 1.54) is 6.07 Å². The van der Waals surface area contributed by atoms with Crippen LogP contribution in [0.2, 0.25) is 0 Å². The second kappa shape index (κ2) is 4.49. The van der Waals surface area contributed by atoms with Crippen molar-refractivity contribution >= 4 is 0 Å². The lowest BCUT2D eigenvalue weighted by molar-refractivity contribution is 0.317. The highest BCUT2D eigenvalue weighted by atomic mass is 16.5. The van der Waals surface area contributed by atoms with Crippen LogP contribution in [0.4, 0.5) is 0 Å². The number of rotatable bonds is 3. The maximum absolute atomic E-state index is 9.37. The van der Waals surface area contributed by atoms with E-state index in [9.17, 15) is 5.11 Å². The first kappa shape index (κ1) is 10.4. The van der Waals surface area contributed by atoms with E-state index in [-0.39, 0.29) is 5.75 Å². The van der Waals surface area contributed by atoms with E-state index in [1.54, 1.807) is 12.1 Å². The molecule has 14 heavy (non-hydrogen) atoms. The molecular formula is C10H12N2O2. The molecule has 0 aliphatic carbocycles. The molecule has 0 saturated carbocycles. The molecule has 74 valence electrons. The van der Waals surface area contributed by atoms with E-state index in [0.29, 0.717) is 17.9 Å². The number of nitrogens with two attached hydrogens (primary N) is 1. The first-order valence-electron chi connectivity index (χ1n) is 4.30. The normalized spacial score (nSPS) is 11.8. The van der Waals surface area contributed by atoms with Gasteiger partial charge in [0.25, 0.3) is 0 Å². The maximum atomic E-state index is 9.37. The summed E-state index contributed by atoms with van der Waals surface area (Å²) in [5.74, 6) is 0.413. The summed E-state index contributed by atoms with van der Waals surface area (Å²) in [5.41, 5.74) is 6.14. The summed E-state index contributed by atoms with van der Waals surface area (Å²) < 4.78 is 5.16. The Morgan fingerprint density at radius 2 is 2.36 bits per heavy atom. The van der Waals surface area contributed by atoms with Crippen LogP contribution in [-0.4, -0.2) is 11.7 Å². The SMILES string of the molecule is CCOc1cc([C@@H](N)C#N)ccc1O. The number of aromatic hydroxyl groups is 1. The third-order valence-electron chi connectivity index (χ3n) is 1.78. The van der Waals surface area contributed by atoms with E-state index in [1.807, 2.05) is 13.0 Å². The molecule has 0 aliphatic rings.